The van der Waals surface area contributed by atoms with Gasteiger partial charge in [0.05, 0.1) is 13.2 Å². The number of carboxylic acid groups (broad SMARTS) is 1. The number of hydrogen-bond acceptors (Lipinski definition) is 3. The van der Waals surface area contributed by atoms with E-state index >= 15 is 0 Å². The molecule has 0 saturated heterocycles. The molecule has 0 rings (SSSR count). The third-order valence-electron chi connectivity index (χ3n) is 1.15. The molecule has 0 aromatic rings. The molecule has 0 bridgehead atoms. The molecule has 1 unspecified atom stereocenters. The molecular weight excluding hydrogens is 158 g/mol. The van der Waals surface area contributed by atoms with Gasteiger partial charge < -0.3 is 15.6 Å². The van der Waals surface area contributed by atoms with Crippen LogP contribution >= 0.6 is 0 Å². The number of aliphatic carboxylic acids is 1. The van der Waals surface area contributed by atoms with Crippen LogP contribution in [0.5, 0.6) is 0 Å². The largest absolute Gasteiger partial charge is 0.480 e. The second-order valence-corrected chi connectivity index (χ2v) is 4.02. The maximum absolute atomic E-state index is 10.2. The van der Waals surface area contributed by atoms with Gasteiger partial charge in [-0.1, -0.05) is 20.8 Å². The Balaban J connectivity index is 3.51. The van der Waals surface area contributed by atoms with Gasteiger partial charge in [-0.25, -0.2) is 0 Å². The fraction of sp³-hybridized carbons (Fsp3) is 0.875. The van der Waals surface area contributed by atoms with Gasteiger partial charge in [0.2, 0.25) is 0 Å². The monoisotopic (exact) mass is 175 g/mol. The van der Waals surface area contributed by atoms with Gasteiger partial charge in [0.15, 0.2) is 0 Å². The summed E-state index contributed by atoms with van der Waals surface area (Å²) in [5.74, 6) is -1.02. The van der Waals surface area contributed by atoms with E-state index in [9.17, 15) is 4.79 Å². The highest BCUT2D eigenvalue weighted by molar-refractivity contribution is 5.73. The van der Waals surface area contributed by atoms with Crippen LogP contribution in [0.25, 0.3) is 0 Å². The number of ether oxygens (including phenoxy) is 1. The van der Waals surface area contributed by atoms with Gasteiger partial charge in [-0.3, -0.25) is 4.79 Å². The van der Waals surface area contributed by atoms with Crippen molar-refractivity contribution >= 4 is 5.97 Å². The SMILES string of the molecule is CC(C)(C)COCC(N)C(=O)O. The second kappa shape index (κ2) is 4.42. The van der Waals surface area contributed by atoms with Crippen LogP contribution in [0.3, 0.4) is 0 Å². The third-order valence-corrected chi connectivity index (χ3v) is 1.15. The van der Waals surface area contributed by atoms with Crippen LogP contribution in [0.4, 0.5) is 0 Å². The Hall–Kier alpha value is -0.610. The van der Waals surface area contributed by atoms with Crippen molar-refractivity contribution in [2.75, 3.05) is 13.2 Å². The molecule has 3 N–H and O–H groups in total. The van der Waals surface area contributed by atoms with Crippen LogP contribution in [0.15, 0.2) is 0 Å². The molecule has 0 heterocycles. The molecule has 72 valence electrons. The van der Waals surface area contributed by atoms with E-state index in [0.29, 0.717) is 6.61 Å². The van der Waals surface area contributed by atoms with Crippen molar-refractivity contribution in [2.24, 2.45) is 11.1 Å². The average Bonchev–Trinajstić information content (AvgIpc) is 1.84. The van der Waals surface area contributed by atoms with E-state index in [1.165, 1.54) is 0 Å². The van der Waals surface area contributed by atoms with Crippen LogP contribution < -0.4 is 5.73 Å². The number of rotatable bonds is 4. The Morgan fingerprint density at radius 1 is 1.58 bits per heavy atom. The number of carboxylic acids is 1. The maximum Gasteiger partial charge on any atom is 0.322 e. The minimum atomic E-state index is -1.02. The van der Waals surface area contributed by atoms with Gasteiger partial charge >= 0.3 is 5.97 Å². The highest BCUT2D eigenvalue weighted by atomic mass is 16.5. The summed E-state index contributed by atoms with van der Waals surface area (Å²) in [5.41, 5.74) is 5.28. The Morgan fingerprint density at radius 2 is 2.08 bits per heavy atom. The summed E-state index contributed by atoms with van der Waals surface area (Å²) < 4.78 is 5.12. The van der Waals surface area contributed by atoms with Crippen molar-refractivity contribution < 1.29 is 14.6 Å². The second-order valence-electron chi connectivity index (χ2n) is 4.02. The normalized spacial score (nSPS) is 14.3. The lowest BCUT2D eigenvalue weighted by molar-refractivity contribution is -0.140. The molecule has 4 heteroatoms. The number of nitrogens with two attached hydrogens (primary N) is 1. The molecule has 0 saturated carbocycles. The first-order valence-corrected chi connectivity index (χ1v) is 3.89. The van der Waals surface area contributed by atoms with Gasteiger partial charge in [0.1, 0.15) is 6.04 Å². The van der Waals surface area contributed by atoms with E-state index in [2.05, 4.69) is 0 Å². The Bertz CT molecular complexity index is 151. The van der Waals surface area contributed by atoms with E-state index in [1.54, 1.807) is 0 Å². The molecule has 0 amide bonds. The van der Waals surface area contributed by atoms with Crippen LogP contribution in [0.1, 0.15) is 20.8 Å². The lowest BCUT2D eigenvalue weighted by atomic mass is 9.99. The zero-order chi connectivity index (χ0) is 9.78. The summed E-state index contributed by atoms with van der Waals surface area (Å²) in [4.78, 5) is 10.2. The maximum atomic E-state index is 10.2. The smallest absolute Gasteiger partial charge is 0.322 e. The van der Waals surface area contributed by atoms with Crippen LogP contribution in [-0.2, 0) is 9.53 Å². The molecule has 0 aliphatic carbocycles. The minimum Gasteiger partial charge on any atom is -0.480 e. The highest BCUT2D eigenvalue weighted by Crippen LogP contribution is 2.12. The summed E-state index contributed by atoms with van der Waals surface area (Å²) >= 11 is 0. The molecule has 12 heavy (non-hydrogen) atoms. The first-order valence-electron chi connectivity index (χ1n) is 3.89. The lowest BCUT2D eigenvalue weighted by Gasteiger charge is -2.18. The fourth-order valence-electron chi connectivity index (χ4n) is 0.563. The van der Waals surface area contributed by atoms with E-state index < -0.39 is 12.0 Å². The molecule has 1 atom stereocenters. The van der Waals surface area contributed by atoms with E-state index in [-0.39, 0.29) is 12.0 Å². The van der Waals surface area contributed by atoms with Crippen molar-refractivity contribution in [1.29, 1.82) is 0 Å². The van der Waals surface area contributed by atoms with Crippen molar-refractivity contribution in [1.82, 2.24) is 0 Å². The number of hydrogen-bond donors (Lipinski definition) is 2. The third kappa shape index (κ3) is 6.12. The molecule has 0 fully saturated rings. The molecule has 0 aromatic heterocycles. The highest BCUT2D eigenvalue weighted by Gasteiger charge is 2.14. The van der Waals surface area contributed by atoms with Gasteiger partial charge in [0.25, 0.3) is 0 Å². The first-order chi connectivity index (χ1) is 5.33. The van der Waals surface area contributed by atoms with E-state index in [4.69, 9.17) is 15.6 Å². The first kappa shape index (κ1) is 11.4. The number of carbonyl (C=O) groups is 1. The molecule has 0 aliphatic heterocycles. The van der Waals surface area contributed by atoms with Gasteiger partial charge in [-0.15, -0.1) is 0 Å². The molecule has 0 aliphatic rings. The lowest BCUT2D eigenvalue weighted by Crippen LogP contribution is -2.35. The quantitative estimate of drug-likeness (QED) is 0.651. The Kier molecular flexibility index (Phi) is 4.20. The standard InChI is InChI=1S/C8H17NO3/c1-8(2,3)5-12-4-6(9)7(10)11/h6H,4-5,9H2,1-3H3,(H,10,11). The topological polar surface area (TPSA) is 72.5 Å². The molecule has 4 nitrogen and oxygen atoms in total. The Labute approximate surface area is 72.7 Å². The summed E-state index contributed by atoms with van der Waals surface area (Å²) in [6.45, 7) is 6.64. The van der Waals surface area contributed by atoms with Gasteiger partial charge in [-0.2, -0.15) is 0 Å². The van der Waals surface area contributed by atoms with Crippen molar-refractivity contribution in [3.63, 3.8) is 0 Å². The molecular formula is C8H17NO3. The fourth-order valence-corrected chi connectivity index (χ4v) is 0.563. The minimum absolute atomic E-state index is 0.0538. The van der Waals surface area contributed by atoms with Crippen molar-refractivity contribution in [3.05, 3.63) is 0 Å². The molecule has 0 spiro atoms. The predicted molar refractivity (Wildman–Crippen MR) is 45.9 cm³/mol. The van der Waals surface area contributed by atoms with Crippen molar-refractivity contribution in [3.8, 4) is 0 Å². The zero-order valence-corrected chi connectivity index (χ0v) is 7.83. The summed E-state index contributed by atoms with van der Waals surface area (Å²) in [7, 11) is 0. The zero-order valence-electron chi connectivity index (χ0n) is 7.83. The van der Waals surface area contributed by atoms with E-state index in [0.717, 1.165) is 0 Å². The van der Waals surface area contributed by atoms with Crippen LogP contribution in [0, 0.1) is 5.41 Å². The summed E-state index contributed by atoms with van der Waals surface area (Å²) in [6, 6.07) is -0.910. The Morgan fingerprint density at radius 3 is 2.42 bits per heavy atom. The summed E-state index contributed by atoms with van der Waals surface area (Å²) in [6.07, 6.45) is 0. The van der Waals surface area contributed by atoms with Gasteiger partial charge in [0, 0.05) is 0 Å². The average molecular weight is 175 g/mol. The molecule has 0 radical (unpaired) electrons. The predicted octanol–water partition coefficient (Wildman–Crippen LogP) is 0.461. The summed E-state index contributed by atoms with van der Waals surface area (Å²) in [5, 5.41) is 8.41. The van der Waals surface area contributed by atoms with E-state index in [1.807, 2.05) is 20.8 Å². The van der Waals surface area contributed by atoms with Crippen LogP contribution in [0.2, 0.25) is 0 Å². The van der Waals surface area contributed by atoms with Gasteiger partial charge in [-0.05, 0) is 5.41 Å². The van der Waals surface area contributed by atoms with Crippen molar-refractivity contribution in [2.45, 2.75) is 26.8 Å². The van der Waals surface area contributed by atoms with Crippen LogP contribution in [-0.4, -0.2) is 30.3 Å². The molecule has 0 aromatic carbocycles.